The summed E-state index contributed by atoms with van der Waals surface area (Å²) in [4.78, 5) is 31.5. The number of halogens is 1. The van der Waals surface area contributed by atoms with Crippen LogP contribution >= 0.6 is 15.9 Å². The van der Waals surface area contributed by atoms with Crippen LogP contribution in [0.4, 0.5) is 11.4 Å². The second-order valence-electron chi connectivity index (χ2n) is 8.91. The number of carbonyl (C=O) groups is 2. The lowest BCUT2D eigenvalue weighted by Gasteiger charge is -2.29. The van der Waals surface area contributed by atoms with Crippen molar-refractivity contribution in [2.75, 3.05) is 16.9 Å². The van der Waals surface area contributed by atoms with Gasteiger partial charge in [0.15, 0.2) is 0 Å². The zero-order valence-electron chi connectivity index (χ0n) is 21.2. The number of allylic oxidation sites excluding steroid dienone is 3. The molecule has 0 aliphatic carbocycles. The number of rotatable bonds is 7. The van der Waals surface area contributed by atoms with Crippen LogP contribution in [-0.2, 0) is 9.59 Å². The van der Waals surface area contributed by atoms with Gasteiger partial charge in [0.05, 0.1) is 13.2 Å². The van der Waals surface area contributed by atoms with Crippen molar-refractivity contribution in [3.63, 3.8) is 0 Å². The van der Waals surface area contributed by atoms with Crippen molar-refractivity contribution in [1.29, 1.82) is 0 Å². The van der Waals surface area contributed by atoms with Crippen LogP contribution in [-0.4, -0.2) is 25.0 Å². The summed E-state index contributed by atoms with van der Waals surface area (Å²) >= 11 is 3.53. The van der Waals surface area contributed by atoms with Crippen molar-refractivity contribution >= 4 is 45.2 Å². The number of benzene rings is 3. The number of carbonyl (C=O) groups excluding carboxylic acids is 2. The molecular formula is C32H27BrN2O3. The van der Waals surface area contributed by atoms with Crippen LogP contribution in [0.15, 0.2) is 124 Å². The Bertz CT molecular complexity index is 1470. The van der Waals surface area contributed by atoms with Gasteiger partial charge >= 0.3 is 0 Å². The van der Waals surface area contributed by atoms with E-state index in [9.17, 15) is 9.59 Å². The molecule has 0 aromatic heterocycles. The zero-order chi connectivity index (χ0) is 26.6. The van der Waals surface area contributed by atoms with Crippen molar-refractivity contribution < 1.29 is 14.3 Å². The van der Waals surface area contributed by atoms with Crippen LogP contribution in [0.2, 0.25) is 0 Å². The molecular weight excluding hydrogens is 540 g/mol. The number of nitrogens with zero attached hydrogens (tertiary/aromatic N) is 2. The molecule has 2 aliphatic heterocycles. The van der Waals surface area contributed by atoms with E-state index < -0.39 is 0 Å². The molecule has 0 spiro atoms. The highest BCUT2D eigenvalue weighted by Crippen LogP contribution is 2.45. The van der Waals surface area contributed by atoms with Gasteiger partial charge in [0.25, 0.3) is 11.8 Å². The van der Waals surface area contributed by atoms with Gasteiger partial charge in [-0.05, 0) is 61.4 Å². The topological polar surface area (TPSA) is 49.9 Å². The highest BCUT2D eigenvalue weighted by molar-refractivity contribution is 9.11. The average molecular weight is 567 g/mol. The molecule has 0 saturated heterocycles. The van der Waals surface area contributed by atoms with Gasteiger partial charge in [0.1, 0.15) is 11.4 Å². The molecule has 0 fully saturated rings. The van der Waals surface area contributed by atoms with Gasteiger partial charge in [-0.25, -0.2) is 0 Å². The van der Waals surface area contributed by atoms with Crippen LogP contribution in [0.5, 0.6) is 5.75 Å². The maximum Gasteiger partial charge on any atom is 0.276 e. The van der Waals surface area contributed by atoms with Gasteiger partial charge in [-0.15, -0.1) is 0 Å². The smallest absolute Gasteiger partial charge is 0.276 e. The fourth-order valence-corrected chi connectivity index (χ4v) is 5.05. The maximum absolute atomic E-state index is 14.1. The number of anilines is 2. The Labute approximate surface area is 231 Å². The van der Waals surface area contributed by atoms with Gasteiger partial charge in [-0.2, -0.15) is 0 Å². The second-order valence-corrected chi connectivity index (χ2v) is 9.82. The van der Waals surface area contributed by atoms with Crippen molar-refractivity contribution in [1.82, 2.24) is 0 Å². The molecule has 0 N–H and O–H groups in total. The fourth-order valence-electron chi connectivity index (χ4n) is 4.86. The largest absolute Gasteiger partial charge is 0.497 e. The summed E-state index contributed by atoms with van der Waals surface area (Å²) < 4.78 is 6.25. The Morgan fingerprint density at radius 2 is 1.53 bits per heavy atom. The van der Waals surface area contributed by atoms with E-state index in [0.717, 1.165) is 27.1 Å². The first-order valence-corrected chi connectivity index (χ1v) is 13.2. The molecule has 190 valence electrons. The Kier molecular flexibility index (Phi) is 7.43. The lowest BCUT2D eigenvalue weighted by molar-refractivity contribution is -0.118. The SMILES string of the molecule is C/C=C(Br)\C=C/CC1C2=C(C(=O)N1c1ccccc1)N(c1ccccc1)C(=O)/C2=C\c1ccc(OC)cc1. The van der Waals surface area contributed by atoms with E-state index in [2.05, 4.69) is 15.9 Å². The summed E-state index contributed by atoms with van der Waals surface area (Å²) in [5.41, 5.74) is 3.98. The third-order valence-corrected chi connectivity index (χ3v) is 7.38. The molecule has 3 aromatic rings. The number of amides is 2. The highest BCUT2D eigenvalue weighted by Gasteiger charge is 2.51. The first kappa shape index (κ1) is 25.5. The van der Waals surface area contributed by atoms with Gasteiger partial charge in [0.2, 0.25) is 0 Å². The minimum Gasteiger partial charge on any atom is -0.497 e. The number of methoxy groups -OCH3 is 1. The number of hydrogen-bond acceptors (Lipinski definition) is 3. The molecule has 2 amide bonds. The first-order valence-electron chi connectivity index (χ1n) is 12.4. The third-order valence-electron chi connectivity index (χ3n) is 6.66. The summed E-state index contributed by atoms with van der Waals surface area (Å²) in [6.45, 7) is 1.95. The van der Waals surface area contributed by atoms with Crippen molar-refractivity contribution in [2.24, 2.45) is 0 Å². The Balaban J connectivity index is 1.68. The predicted octanol–water partition coefficient (Wildman–Crippen LogP) is 7.04. The molecule has 2 aliphatic rings. The summed E-state index contributed by atoms with van der Waals surface area (Å²) in [7, 11) is 1.62. The zero-order valence-corrected chi connectivity index (χ0v) is 22.8. The van der Waals surface area contributed by atoms with Crippen LogP contribution in [0.1, 0.15) is 18.9 Å². The fraction of sp³-hybridized carbons (Fsp3) is 0.125. The van der Waals surface area contributed by atoms with Crippen molar-refractivity contribution in [3.05, 3.63) is 130 Å². The lowest BCUT2D eigenvalue weighted by atomic mass is 9.95. The summed E-state index contributed by atoms with van der Waals surface area (Å²) in [5.74, 6) is 0.339. The first-order chi connectivity index (χ1) is 18.5. The monoisotopic (exact) mass is 566 g/mol. The molecule has 3 aromatic carbocycles. The average Bonchev–Trinajstić information content (AvgIpc) is 3.40. The van der Waals surface area contributed by atoms with E-state index in [1.165, 1.54) is 0 Å². The van der Waals surface area contributed by atoms with E-state index in [1.54, 1.807) is 12.0 Å². The quantitative estimate of drug-likeness (QED) is 0.227. The Morgan fingerprint density at radius 3 is 2.13 bits per heavy atom. The van der Waals surface area contributed by atoms with Crippen molar-refractivity contribution in [2.45, 2.75) is 19.4 Å². The van der Waals surface area contributed by atoms with Gasteiger partial charge in [-0.3, -0.25) is 19.4 Å². The Morgan fingerprint density at radius 1 is 0.895 bits per heavy atom. The van der Waals surface area contributed by atoms with E-state index >= 15 is 0 Å². The number of hydrogen-bond donors (Lipinski definition) is 0. The molecule has 38 heavy (non-hydrogen) atoms. The van der Waals surface area contributed by atoms with Gasteiger partial charge in [-0.1, -0.05) is 82.7 Å². The van der Waals surface area contributed by atoms with Crippen LogP contribution < -0.4 is 14.5 Å². The number of ether oxygens (including phenoxy) is 1. The molecule has 0 bridgehead atoms. The summed E-state index contributed by atoms with van der Waals surface area (Å²) in [5, 5.41) is 0. The van der Waals surface area contributed by atoms with E-state index in [0.29, 0.717) is 23.4 Å². The van der Waals surface area contributed by atoms with E-state index in [-0.39, 0.29) is 17.9 Å². The second kappa shape index (κ2) is 11.1. The number of para-hydroxylation sites is 2. The minimum atomic E-state index is -0.351. The summed E-state index contributed by atoms with van der Waals surface area (Å²) in [6, 6.07) is 26.2. The van der Waals surface area contributed by atoms with Crippen molar-refractivity contribution in [3.8, 4) is 5.75 Å². The van der Waals surface area contributed by atoms with Crippen LogP contribution in [0.3, 0.4) is 0 Å². The molecule has 6 heteroatoms. The molecule has 1 atom stereocenters. The normalized spacial score (nSPS) is 18.8. The maximum atomic E-state index is 14.1. The van der Waals surface area contributed by atoms with Gasteiger partial charge < -0.3 is 4.74 Å². The lowest BCUT2D eigenvalue weighted by Crippen LogP contribution is -2.41. The van der Waals surface area contributed by atoms with E-state index in [1.807, 2.05) is 121 Å². The third kappa shape index (κ3) is 4.75. The molecule has 5 nitrogen and oxygen atoms in total. The molecule has 5 rings (SSSR count). The van der Waals surface area contributed by atoms with Crippen LogP contribution in [0.25, 0.3) is 6.08 Å². The highest BCUT2D eigenvalue weighted by atomic mass is 79.9. The minimum absolute atomic E-state index is 0.190. The van der Waals surface area contributed by atoms with Crippen LogP contribution in [0, 0.1) is 0 Å². The Hall–Kier alpha value is -4.16. The van der Waals surface area contributed by atoms with E-state index in [4.69, 9.17) is 4.74 Å². The predicted molar refractivity (Wildman–Crippen MR) is 156 cm³/mol. The molecule has 0 saturated carbocycles. The standard InChI is InChI=1S/C32H27BrN2O3/c1-3-23(33)11-10-16-28-29-27(21-22-17-19-26(38-2)20-18-22)31(36)35(25-14-8-5-9-15-25)30(29)32(37)34(28)24-12-6-4-7-13-24/h3-15,17-21,28H,16H2,1-2H3/b11-10-,23-3+,27-21-. The molecule has 2 heterocycles. The summed E-state index contributed by atoms with van der Waals surface area (Å²) in [6.07, 6.45) is 8.39. The van der Waals surface area contributed by atoms with Gasteiger partial charge in [0, 0.05) is 27.0 Å². The molecule has 1 unspecified atom stereocenters. The molecule has 0 radical (unpaired) electrons.